The van der Waals surface area contributed by atoms with E-state index in [1.54, 1.807) is 24.3 Å². The molecule has 2 aromatic carbocycles. The van der Waals surface area contributed by atoms with Gasteiger partial charge in [0.25, 0.3) is 11.8 Å². The van der Waals surface area contributed by atoms with Gasteiger partial charge in [0.1, 0.15) is 4.83 Å². The highest BCUT2D eigenvalue weighted by Gasteiger charge is 2.18. The van der Waals surface area contributed by atoms with Crippen LogP contribution in [0.25, 0.3) is 15.9 Å². The molecule has 4 aromatic rings. The van der Waals surface area contributed by atoms with Crippen molar-refractivity contribution in [3.8, 4) is 5.69 Å². The molecule has 6 nitrogen and oxygen atoms in total. The lowest BCUT2D eigenvalue weighted by Crippen LogP contribution is -2.17. The lowest BCUT2D eigenvalue weighted by molar-refractivity contribution is 0.100. The van der Waals surface area contributed by atoms with E-state index in [1.165, 1.54) is 11.3 Å². The molecule has 3 N–H and O–H groups in total. The summed E-state index contributed by atoms with van der Waals surface area (Å²) in [5, 5.41) is 8.28. The number of carbonyl (C=O) groups excluding carboxylic acids is 2. The molecule has 2 aromatic heterocycles. The molecule has 0 aliphatic rings. The van der Waals surface area contributed by atoms with E-state index in [4.69, 9.17) is 5.73 Å². The van der Waals surface area contributed by atoms with Crippen LogP contribution in [-0.4, -0.2) is 21.6 Å². The highest BCUT2D eigenvalue weighted by atomic mass is 32.1. The van der Waals surface area contributed by atoms with E-state index in [2.05, 4.69) is 10.4 Å². The zero-order chi connectivity index (χ0) is 19.0. The van der Waals surface area contributed by atoms with E-state index in [-0.39, 0.29) is 11.5 Å². The van der Waals surface area contributed by atoms with Crippen molar-refractivity contribution < 1.29 is 9.59 Å². The summed E-state index contributed by atoms with van der Waals surface area (Å²) in [7, 11) is 0. The van der Waals surface area contributed by atoms with Crippen LogP contribution in [0.3, 0.4) is 0 Å². The number of primary amides is 1. The van der Waals surface area contributed by atoms with Crippen LogP contribution in [0.5, 0.6) is 0 Å². The molecule has 0 spiro atoms. The van der Waals surface area contributed by atoms with Gasteiger partial charge < -0.3 is 11.1 Å². The monoisotopic (exact) mass is 376 g/mol. The molecule has 0 aliphatic heterocycles. The third-order valence-electron chi connectivity index (χ3n) is 4.21. The van der Waals surface area contributed by atoms with Crippen molar-refractivity contribution >= 4 is 39.1 Å². The van der Waals surface area contributed by atoms with Crippen molar-refractivity contribution in [3.63, 3.8) is 0 Å². The molecule has 0 fully saturated rings. The van der Waals surface area contributed by atoms with Crippen molar-refractivity contribution in [3.05, 3.63) is 76.8 Å². The molecular formula is C20H16N4O2S. The van der Waals surface area contributed by atoms with Crippen LogP contribution >= 0.6 is 11.3 Å². The molecule has 0 radical (unpaired) electrons. The van der Waals surface area contributed by atoms with Gasteiger partial charge >= 0.3 is 0 Å². The Morgan fingerprint density at radius 1 is 1.07 bits per heavy atom. The molecule has 0 bridgehead atoms. The fourth-order valence-corrected chi connectivity index (χ4v) is 3.97. The highest BCUT2D eigenvalue weighted by Crippen LogP contribution is 2.31. The van der Waals surface area contributed by atoms with Gasteiger partial charge in [0.2, 0.25) is 0 Å². The molecule has 27 heavy (non-hydrogen) atoms. The number of para-hydroxylation sites is 2. The maximum Gasteiger partial charge on any atom is 0.265 e. The molecule has 0 saturated carbocycles. The van der Waals surface area contributed by atoms with E-state index in [0.717, 1.165) is 21.6 Å². The number of anilines is 1. The number of nitrogens with two attached hydrogens (primary N) is 1. The van der Waals surface area contributed by atoms with Crippen LogP contribution < -0.4 is 11.1 Å². The number of fused-ring (bicyclic) bond motifs is 1. The molecular weight excluding hydrogens is 360 g/mol. The summed E-state index contributed by atoms with van der Waals surface area (Å²) < 4.78 is 1.84. The van der Waals surface area contributed by atoms with Gasteiger partial charge in [0.15, 0.2) is 0 Å². The minimum Gasteiger partial charge on any atom is -0.366 e. The van der Waals surface area contributed by atoms with Gasteiger partial charge in [-0.1, -0.05) is 30.3 Å². The zero-order valence-corrected chi connectivity index (χ0v) is 15.3. The first-order chi connectivity index (χ1) is 13.0. The maximum atomic E-state index is 12.7. The molecule has 2 heterocycles. The van der Waals surface area contributed by atoms with Crippen molar-refractivity contribution in [2.45, 2.75) is 6.92 Å². The topological polar surface area (TPSA) is 90.0 Å². The van der Waals surface area contributed by atoms with E-state index < -0.39 is 5.91 Å². The highest BCUT2D eigenvalue weighted by molar-refractivity contribution is 7.20. The Labute approximate surface area is 159 Å². The summed E-state index contributed by atoms with van der Waals surface area (Å²) in [4.78, 5) is 25.7. The lowest BCUT2D eigenvalue weighted by atomic mass is 10.1. The van der Waals surface area contributed by atoms with Crippen molar-refractivity contribution in [2.75, 3.05) is 5.32 Å². The first-order valence-corrected chi connectivity index (χ1v) is 9.11. The van der Waals surface area contributed by atoms with Gasteiger partial charge in [-0.3, -0.25) is 9.59 Å². The quantitative estimate of drug-likeness (QED) is 0.568. The van der Waals surface area contributed by atoms with Crippen LogP contribution in [0.2, 0.25) is 0 Å². The summed E-state index contributed by atoms with van der Waals surface area (Å²) in [6, 6.07) is 18.3. The average molecular weight is 376 g/mol. The minimum absolute atomic E-state index is 0.276. The largest absolute Gasteiger partial charge is 0.366 e. The molecule has 0 aliphatic carbocycles. The normalized spacial score (nSPS) is 10.9. The predicted molar refractivity (Wildman–Crippen MR) is 107 cm³/mol. The predicted octanol–water partition coefficient (Wildman–Crippen LogP) is 3.75. The van der Waals surface area contributed by atoms with Gasteiger partial charge in [-0.05, 0) is 37.3 Å². The number of nitrogens with one attached hydrogen (secondary N) is 1. The number of thiophene rings is 1. The Hall–Kier alpha value is -3.45. The van der Waals surface area contributed by atoms with Gasteiger partial charge in [0.05, 0.1) is 27.5 Å². The summed E-state index contributed by atoms with van der Waals surface area (Å²) >= 11 is 1.35. The first-order valence-electron chi connectivity index (χ1n) is 8.29. The number of aryl methyl sites for hydroxylation is 1. The van der Waals surface area contributed by atoms with Gasteiger partial charge in [-0.2, -0.15) is 5.10 Å². The summed E-state index contributed by atoms with van der Waals surface area (Å²) in [5.74, 6) is -0.873. The lowest BCUT2D eigenvalue weighted by Gasteiger charge is -2.07. The van der Waals surface area contributed by atoms with Crippen molar-refractivity contribution in [2.24, 2.45) is 5.73 Å². The number of hydrogen-bond donors (Lipinski definition) is 2. The Kier molecular flexibility index (Phi) is 4.21. The number of nitrogens with zero attached hydrogens (tertiary/aromatic N) is 2. The maximum absolute atomic E-state index is 12.7. The molecule has 0 unspecified atom stereocenters. The Morgan fingerprint density at radius 2 is 1.78 bits per heavy atom. The second-order valence-corrected chi connectivity index (χ2v) is 7.06. The Morgan fingerprint density at radius 3 is 2.52 bits per heavy atom. The minimum atomic E-state index is -0.585. The smallest absolute Gasteiger partial charge is 0.265 e. The van der Waals surface area contributed by atoms with Gasteiger partial charge in [-0.15, -0.1) is 11.3 Å². The van der Waals surface area contributed by atoms with Crippen molar-refractivity contribution in [1.82, 2.24) is 9.78 Å². The Balaban J connectivity index is 1.71. The SMILES string of the molecule is Cc1nn(-c2ccccc2)c2sc(C(=O)Nc3ccccc3C(N)=O)cc12. The van der Waals surface area contributed by atoms with E-state index in [9.17, 15) is 9.59 Å². The molecule has 2 amide bonds. The van der Waals surface area contributed by atoms with Crippen LogP contribution in [0.4, 0.5) is 5.69 Å². The average Bonchev–Trinajstić information content (AvgIpc) is 3.23. The number of aromatic nitrogens is 2. The number of amides is 2. The molecule has 134 valence electrons. The van der Waals surface area contributed by atoms with Gasteiger partial charge in [-0.25, -0.2) is 4.68 Å². The number of carbonyl (C=O) groups is 2. The molecule has 0 saturated heterocycles. The van der Waals surface area contributed by atoms with Crippen LogP contribution in [-0.2, 0) is 0 Å². The second kappa shape index (κ2) is 6.69. The summed E-state index contributed by atoms with van der Waals surface area (Å²) in [5.41, 5.74) is 7.83. The van der Waals surface area contributed by atoms with E-state index in [1.807, 2.05) is 48.0 Å². The number of hydrogen-bond acceptors (Lipinski definition) is 4. The third kappa shape index (κ3) is 3.09. The molecule has 7 heteroatoms. The van der Waals surface area contributed by atoms with Crippen LogP contribution in [0.15, 0.2) is 60.7 Å². The Bertz CT molecular complexity index is 1160. The van der Waals surface area contributed by atoms with E-state index >= 15 is 0 Å². The standard InChI is InChI=1S/C20H16N4O2S/c1-12-15-11-17(19(26)22-16-10-6-5-9-14(16)18(21)25)27-20(15)24(23-12)13-7-3-2-4-8-13/h2-11H,1H3,(H2,21,25)(H,22,26). The first kappa shape index (κ1) is 17.0. The van der Waals surface area contributed by atoms with E-state index in [0.29, 0.717) is 10.6 Å². The van der Waals surface area contributed by atoms with Crippen LogP contribution in [0, 0.1) is 6.92 Å². The zero-order valence-electron chi connectivity index (χ0n) is 14.5. The van der Waals surface area contributed by atoms with Crippen LogP contribution in [0.1, 0.15) is 25.7 Å². The fraction of sp³-hybridized carbons (Fsp3) is 0.0500. The number of benzene rings is 2. The molecule has 0 atom stereocenters. The summed E-state index contributed by atoms with van der Waals surface area (Å²) in [6.07, 6.45) is 0. The third-order valence-corrected chi connectivity index (χ3v) is 5.32. The molecule has 4 rings (SSSR count). The number of rotatable bonds is 4. The second-order valence-electron chi connectivity index (χ2n) is 6.03. The fourth-order valence-electron chi connectivity index (χ4n) is 2.89. The summed E-state index contributed by atoms with van der Waals surface area (Å²) in [6.45, 7) is 1.92. The van der Waals surface area contributed by atoms with Crippen molar-refractivity contribution in [1.29, 1.82) is 0 Å². The van der Waals surface area contributed by atoms with Gasteiger partial charge in [0, 0.05) is 5.39 Å².